The van der Waals surface area contributed by atoms with Gasteiger partial charge in [0, 0.05) is 23.7 Å². The molecule has 0 spiro atoms. The number of nitrogens with one attached hydrogen (secondary N) is 1. The average molecular weight is 271 g/mol. The number of benzene rings is 1. The number of rotatable bonds is 6. The fourth-order valence-electron chi connectivity index (χ4n) is 1.36. The third-order valence-corrected chi connectivity index (χ3v) is 2.74. The minimum atomic E-state index is -0.512. The Kier molecular flexibility index (Phi) is 5.61. The zero-order valence-electron chi connectivity index (χ0n) is 10.0. The number of hydrogen-bond donors (Lipinski definition) is 2. The van der Waals surface area contributed by atoms with E-state index in [0.717, 1.165) is 5.56 Å². The smallest absolute Gasteiger partial charge is 0.306 e. The summed E-state index contributed by atoms with van der Waals surface area (Å²) in [7, 11) is 1.35. The number of carbonyl (C=O) groups excluding carboxylic acids is 2. The molecule has 1 rings (SSSR count). The average Bonchev–Trinajstić information content (AvgIpc) is 2.35. The molecule has 0 aliphatic rings. The monoisotopic (exact) mass is 270 g/mol. The van der Waals surface area contributed by atoms with Crippen molar-refractivity contribution < 1.29 is 14.3 Å². The van der Waals surface area contributed by atoms with Gasteiger partial charge in [-0.05, 0) is 17.7 Å². The standard InChI is InChI=1S/C12H15ClN2O3/c1-18-11(16)4-5-15-7-9-3-2-8(12(14)17)6-10(9)13/h2-3,6,15H,4-5,7H2,1H3,(H2,14,17). The Balaban J connectivity index is 2.48. The lowest BCUT2D eigenvalue weighted by Crippen LogP contribution is -2.19. The normalized spacial score (nSPS) is 10.1. The maximum atomic E-state index is 10.9. The van der Waals surface area contributed by atoms with Gasteiger partial charge in [-0.25, -0.2) is 0 Å². The van der Waals surface area contributed by atoms with Gasteiger partial charge in [0.05, 0.1) is 13.5 Å². The number of halogens is 1. The highest BCUT2D eigenvalue weighted by molar-refractivity contribution is 6.31. The Morgan fingerprint density at radius 3 is 2.72 bits per heavy atom. The highest BCUT2D eigenvalue weighted by Crippen LogP contribution is 2.17. The van der Waals surface area contributed by atoms with E-state index in [9.17, 15) is 9.59 Å². The largest absolute Gasteiger partial charge is 0.469 e. The van der Waals surface area contributed by atoms with E-state index >= 15 is 0 Å². The fraction of sp³-hybridized carbons (Fsp3) is 0.333. The molecule has 5 nitrogen and oxygen atoms in total. The number of primary amides is 1. The van der Waals surface area contributed by atoms with Crippen LogP contribution in [0.4, 0.5) is 0 Å². The first kappa shape index (κ1) is 14.5. The second kappa shape index (κ2) is 6.98. The van der Waals surface area contributed by atoms with Gasteiger partial charge in [0.15, 0.2) is 0 Å². The van der Waals surface area contributed by atoms with E-state index in [4.69, 9.17) is 17.3 Å². The van der Waals surface area contributed by atoms with E-state index < -0.39 is 5.91 Å². The van der Waals surface area contributed by atoms with Crippen molar-refractivity contribution in [3.63, 3.8) is 0 Å². The molecule has 98 valence electrons. The highest BCUT2D eigenvalue weighted by Gasteiger charge is 2.06. The summed E-state index contributed by atoms with van der Waals surface area (Å²) in [5, 5.41) is 3.52. The third kappa shape index (κ3) is 4.35. The molecule has 0 unspecified atom stereocenters. The molecule has 0 saturated heterocycles. The summed E-state index contributed by atoms with van der Waals surface area (Å²) < 4.78 is 4.51. The topological polar surface area (TPSA) is 81.4 Å². The van der Waals surface area contributed by atoms with Crippen LogP contribution in [0.1, 0.15) is 22.3 Å². The second-order valence-corrected chi connectivity index (χ2v) is 4.08. The molecule has 0 fully saturated rings. The van der Waals surface area contributed by atoms with Crippen molar-refractivity contribution in [3.05, 3.63) is 34.3 Å². The van der Waals surface area contributed by atoms with Gasteiger partial charge in [-0.2, -0.15) is 0 Å². The van der Waals surface area contributed by atoms with Crippen molar-refractivity contribution in [2.75, 3.05) is 13.7 Å². The summed E-state index contributed by atoms with van der Waals surface area (Å²) in [6, 6.07) is 4.88. The van der Waals surface area contributed by atoms with Crippen LogP contribution >= 0.6 is 11.6 Å². The van der Waals surface area contributed by atoms with E-state index in [1.807, 2.05) is 0 Å². The number of ether oxygens (including phenoxy) is 1. The third-order valence-electron chi connectivity index (χ3n) is 2.39. The lowest BCUT2D eigenvalue weighted by atomic mass is 10.1. The molecule has 3 N–H and O–H groups in total. The predicted molar refractivity (Wildman–Crippen MR) is 68.3 cm³/mol. The summed E-state index contributed by atoms with van der Waals surface area (Å²) >= 11 is 6.00. The molecule has 0 radical (unpaired) electrons. The molecular formula is C12H15ClN2O3. The van der Waals surface area contributed by atoms with Crippen LogP contribution in [-0.2, 0) is 16.1 Å². The van der Waals surface area contributed by atoms with Crippen molar-refractivity contribution in [2.24, 2.45) is 5.73 Å². The van der Waals surface area contributed by atoms with Gasteiger partial charge >= 0.3 is 5.97 Å². The van der Waals surface area contributed by atoms with E-state index in [1.54, 1.807) is 12.1 Å². The first-order valence-corrected chi connectivity index (χ1v) is 5.78. The molecule has 18 heavy (non-hydrogen) atoms. The lowest BCUT2D eigenvalue weighted by molar-refractivity contribution is -0.140. The molecule has 0 aliphatic heterocycles. The molecule has 1 aromatic carbocycles. The van der Waals surface area contributed by atoms with E-state index in [2.05, 4.69) is 10.1 Å². The zero-order chi connectivity index (χ0) is 13.5. The van der Waals surface area contributed by atoms with Crippen LogP contribution in [0.5, 0.6) is 0 Å². The molecule has 1 amide bonds. The Morgan fingerprint density at radius 2 is 2.17 bits per heavy atom. The summed E-state index contributed by atoms with van der Waals surface area (Å²) in [6.07, 6.45) is 0.299. The quantitative estimate of drug-likeness (QED) is 0.599. The van der Waals surface area contributed by atoms with Gasteiger partial charge in [0.25, 0.3) is 0 Å². The van der Waals surface area contributed by atoms with Crippen LogP contribution in [-0.4, -0.2) is 25.5 Å². The first-order chi connectivity index (χ1) is 8.54. The number of hydrogen-bond acceptors (Lipinski definition) is 4. The van der Waals surface area contributed by atoms with E-state index in [-0.39, 0.29) is 5.97 Å². The number of esters is 1. The molecule has 0 saturated carbocycles. The van der Waals surface area contributed by atoms with Gasteiger partial charge in [-0.15, -0.1) is 0 Å². The van der Waals surface area contributed by atoms with Crippen LogP contribution in [0.25, 0.3) is 0 Å². The second-order valence-electron chi connectivity index (χ2n) is 3.67. The van der Waals surface area contributed by atoms with Gasteiger partial charge in [0.1, 0.15) is 0 Å². The minimum absolute atomic E-state index is 0.266. The van der Waals surface area contributed by atoms with Crippen LogP contribution < -0.4 is 11.1 Å². The lowest BCUT2D eigenvalue weighted by Gasteiger charge is -2.07. The van der Waals surface area contributed by atoms with Crippen LogP contribution in [0.2, 0.25) is 5.02 Å². The van der Waals surface area contributed by atoms with Crippen molar-refractivity contribution >= 4 is 23.5 Å². The van der Waals surface area contributed by atoms with E-state index in [0.29, 0.717) is 30.1 Å². The maximum absolute atomic E-state index is 10.9. The predicted octanol–water partition coefficient (Wildman–Crippen LogP) is 1.09. The van der Waals surface area contributed by atoms with Crippen molar-refractivity contribution in [1.29, 1.82) is 0 Å². The molecule has 0 heterocycles. The Labute approximate surface area is 110 Å². The maximum Gasteiger partial charge on any atom is 0.306 e. The van der Waals surface area contributed by atoms with Crippen LogP contribution in [0, 0.1) is 0 Å². The van der Waals surface area contributed by atoms with Gasteiger partial charge < -0.3 is 15.8 Å². The summed E-state index contributed by atoms with van der Waals surface area (Å²) in [4.78, 5) is 21.8. The SMILES string of the molecule is COC(=O)CCNCc1ccc(C(N)=O)cc1Cl. The molecular weight excluding hydrogens is 256 g/mol. The number of nitrogens with two attached hydrogens (primary N) is 1. The van der Waals surface area contributed by atoms with Crippen molar-refractivity contribution in [1.82, 2.24) is 5.32 Å². The van der Waals surface area contributed by atoms with Crippen molar-refractivity contribution in [2.45, 2.75) is 13.0 Å². The first-order valence-electron chi connectivity index (χ1n) is 5.40. The molecule has 0 aliphatic carbocycles. The van der Waals surface area contributed by atoms with Crippen LogP contribution in [0.15, 0.2) is 18.2 Å². The number of amides is 1. The van der Waals surface area contributed by atoms with Crippen LogP contribution in [0.3, 0.4) is 0 Å². The molecule has 1 aromatic rings. The minimum Gasteiger partial charge on any atom is -0.469 e. The molecule has 0 bridgehead atoms. The molecule has 6 heteroatoms. The zero-order valence-corrected chi connectivity index (χ0v) is 10.8. The fourth-order valence-corrected chi connectivity index (χ4v) is 1.61. The number of carbonyl (C=O) groups is 2. The van der Waals surface area contributed by atoms with E-state index in [1.165, 1.54) is 13.2 Å². The van der Waals surface area contributed by atoms with Gasteiger partial charge in [-0.3, -0.25) is 9.59 Å². The van der Waals surface area contributed by atoms with Crippen molar-refractivity contribution in [3.8, 4) is 0 Å². The molecule has 0 aromatic heterocycles. The summed E-state index contributed by atoms with van der Waals surface area (Å²) in [6.45, 7) is 1.01. The Hall–Kier alpha value is -1.59. The van der Waals surface area contributed by atoms with Gasteiger partial charge in [0.2, 0.25) is 5.91 Å². The summed E-state index contributed by atoms with van der Waals surface area (Å²) in [5.41, 5.74) is 6.35. The number of methoxy groups -OCH3 is 1. The Bertz CT molecular complexity index is 449. The highest BCUT2D eigenvalue weighted by atomic mass is 35.5. The summed E-state index contributed by atoms with van der Waals surface area (Å²) in [5.74, 6) is -0.778. The Morgan fingerprint density at radius 1 is 1.44 bits per heavy atom. The molecule has 0 atom stereocenters. The van der Waals surface area contributed by atoms with Gasteiger partial charge in [-0.1, -0.05) is 17.7 Å².